The zero-order valence-corrected chi connectivity index (χ0v) is 11.8. The molecule has 0 atom stereocenters. The number of thiocarbonyl (C=S) groups is 1. The van der Waals surface area contributed by atoms with Gasteiger partial charge in [-0.3, -0.25) is 4.79 Å². The molecule has 0 aromatic heterocycles. The molecule has 1 saturated carbocycles. The van der Waals surface area contributed by atoms with Crippen LogP contribution >= 0.6 is 12.2 Å². The van der Waals surface area contributed by atoms with Crippen LogP contribution in [0, 0.1) is 5.92 Å². The summed E-state index contributed by atoms with van der Waals surface area (Å²) in [4.78, 5) is 14.8. The molecule has 4 heteroatoms. The Labute approximate surface area is 110 Å². The molecule has 0 bridgehead atoms. The molecular weight excluding hydrogens is 232 g/mol. The maximum atomic E-state index is 12.4. The van der Waals surface area contributed by atoms with Gasteiger partial charge in [0, 0.05) is 12.0 Å². The van der Waals surface area contributed by atoms with Crippen molar-refractivity contribution in [1.82, 2.24) is 4.90 Å². The number of carbonyl (C=O) groups excluding carboxylic acids is 1. The number of hydrogen-bond acceptors (Lipinski definition) is 2. The Morgan fingerprint density at radius 3 is 2.29 bits per heavy atom. The fourth-order valence-corrected chi connectivity index (χ4v) is 2.78. The molecule has 98 valence electrons. The number of nitrogens with zero attached hydrogens (tertiary/aromatic N) is 1. The highest BCUT2D eigenvalue weighted by molar-refractivity contribution is 7.80. The van der Waals surface area contributed by atoms with E-state index in [0.29, 0.717) is 17.6 Å². The average Bonchev–Trinajstić information content (AvgIpc) is 2.80. The Bertz CT molecular complexity index is 271. The van der Waals surface area contributed by atoms with E-state index in [2.05, 4.69) is 13.8 Å². The quantitative estimate of drug-likeness (QED) is 0.743. The molecule has 0 unspecified atom stereocenters. The molecule has 0 spiro atoms. The van der Waals surface area contributed by atoms with Gasteiger partial charge in [0.1, 0.15) is 0 Å². The molecule has 0 aromatic rings. The third-order valence-electron chi connectivity index (χ3n) is 3.71. The van der Waals surface area contributed by atoms with Crippen LogP contribution in [0.25, 0.3) is 0 Å². The van der Waals surface area contributed by atoms with Crippen LogP contribution in [0.2, 0.25) is 0 Å². The largest absolute Gasteiger partial charge is 0.392 e. The fourth-order valence-electron chi connectivity index (χ4n) is 2.64. The summed E-state index contributed by atoms with van der Waals surface area (Å²) in [7, 11) is 0. The van der Waals surface area contributed by atoms with E-state index >= 15 is 0 Å². The zero-order valence-electron chi connectivity index (χ0n) is 10.9. The highest BCUT2D eigenvalue weighted by Crippen LogP contribution is 2.25. The SMILES string of the molecule is CCC(CC)C(=O)N(CC(N)=S)C1CCCC1. The minimum atomic E-state index is 0.130. The van der Waals surface area contributed by atoms with Gasteiger partial charge in [-0.1, -0.05) is 38.9 Å². The third kappa shape index (κ3) is 3.95. The Morgan fingerprint density at radius 1 is 1.35 bits per heavy atom. The van der Waals surface area contributed by atoms with Gasteiger partial charge in [-0.2, -0.15) is 0 Å². The van der Waals surface area contributed by atoms with E-state index in [1.54, 1.807) is 0 Å². The number of rotatable bonds is 6. The van der Waals surface area contributed by atoms with Gasteiger partial charge in [-0.25, -0.2) is 0 Å². The molecule has 3 nitrogen and oxygen atoms in total. The molecule has 0 radical (unpaired) electrons. The van der Waals surface area contributed by atoms with Gasteiger partial charge in [0.05, 0.1) is 11.5 Å². The molecule has 2 N–H and O–H groups in total. The van der Waals surface area contributed by atoms with Crippen LogP contribution in [-0.2, 0) is 4.79 Å². The molecule has 17 heavy (non-hydrogen) atoms. The predicted molar refractivity (Wildman–Crippen MR) is 74.8 cm³/mol. The topological polar surface area (TPSA) is 46.3 Å². The van der Waals surface area contributed by atoms with Gasteiger partial charge in [-0.15, -0.1) is 0 Å². The second-order valence-electron chi connectivity index (χ2n) is 4.88. The number of hydrogen-bond donors (Lipinski definition) is 1. The summed E-state index contributed by atoms with van der Waals surface area (Å²) in [6.45, 7) is 4.59. The van der Waals surface area contributed by atoms with Crippen molar-refractivity contribution in [2.45, 2.75) is 58.4 Å². The molecular formula is C13H24N2OS. The summed E-state index contributed by atoms with van der Waals surface area (Å²) in [6.07, 6.45) is 6.44. The van der Waals surface area contributed by atoms with E-state index in [9.17, 15) is 4.79 Å². The van der Waals surface area contributed by atoms with Crippen LogP contribution in [0.3, 0.4) is 0 Å². The summed E-state index contributed by atoms with van der Waals surface area (Å²) < 4.78 is 0. The van der Waals surface area contributed by atoms with Crippen LogP contribution in [0.15, 0.2) is 0 Å². The Balaban J connectivity index is 2.73. The van der Waals surface area contributed by atoms with E-state index in [0.717, 1.165) is 25.7 Å². The molecule has 0 aromatic carbocycles. The summed E-state index contributed by atoms with van der Waals surface area (Å²) in [6, 6.07) is 0.365. The number of carbonyl (C=O) groups is 1. The van der Waals surface area contributed by atoms with Gasteiger partial charge in [0.2, 0.25) is 5.91 Å². The van der Waals surface area contributed by atoms with Gasteiger partial charge < -0.3 is 10.6 Å². The Hall–Kier alpha value is -0.640. The average molecular weight is 256 g/mol. The van der Waals surface area contributed by atoms with Gasteiger partial charge >= 0.3 is 0 Å². The monoisotopic (exact) mass is 256 g/mol. The second-order valence-corrected chi connectivity index (χ2v) is 5.41. The van der Waals surface area contributed by atoms with E-state index in [-0.39, 0.29) is 11.8 Å². The minimum Gasteiger partial charge on any atom is -0.392 e. The number of nitrogens with two attached hydrogens (primary N) is 1. The lowest BCUT2D eigenvalue weighted by atomic mass is 10.0. The van der Waals surface area contributed by atoms with Crippen molar-refractivity contribution in [3.8, 4) is 0 Å². The van der Waals surface area contributed by atoms with E-state index in [1.807, 2.05) is 4.90 Å². The van der Waals surface area contributed by atoms with Crippen molar-refractivity contribution in [2.75, 3.05) is 6.54 Å². The molecule has 1 rings (SSSR count). The molecule has 0 heterocycles. The standard InChI is InChI=1S/C13H24N2OS/c1-3-10(4-2)13(16)15(9-12(14)17)11-7-5-6-8-11/h10-11H,3-9H2,1-2H3,(H2,14,17). The molecule has 0 aliphatic heterocycles. The lowest BCUT2D eigenvalue weighted by Gasteiger charge is -2.31. The first kappa shape index (κ1) is 14.4. The van der Waals surface area contributed by atoms with Gasteiger partial charge in [0.25, 0.3) is 0 Å². The minimum absolute atomic E-state index is 0.130. The molecule has 1 fully saturated rings. The molecule has 1 aliphatic rings. The number of amides is 1. The summed E-state index contributed by atoms with van der Waals surface area (Å²) in [5.41, 5.74) is 5.62. The van der Waals surface area contributed by atoms with Crippen LogP contribution < -0.4 is 5.73 Å². The summed E-state index contributed by atoms with van der Waals surface area (Å²) >= 11 is 4.97. The fraction of sp³-hybridized carbons (Fsp3) is 0.846. The van der Waals surface area contributed by atoms with Gasteiger partial charge in [0.15, 0.2) is 0 Å². The molecule has 1 aliphatic carbocycles. The Morgan fingerprint density at radius 2 is 1.88 bits per heavy atom. The predicted octanol–water partition coefficient (Wildman–Crippen LogP) is 2.48. The van der Waals surface area contributed by atoms with Crippen molar-refractivity contribution in [3.63, 3.8) is 0 Å². The van der Waals surface area contributed by atoms with Crippen molar-refractivity contribution in [2.24, 2.45) is 11.7 Å². The first-order valence-corrected chi connectivity index (χ1v) is 7.09. The highest BCUT2D eigenvalue weighted by Gasteiger charge is 2.30. The smallest absolute Gasteiger partial charge is 0.226 e. The first-order valence-electron chi connectivity index (χ1n) is 6.68. The van der Waals surface area contributed by atoms with Crippen LogP contribution in [0.4, 0.5) is 0 Å². The van der Waals surface area contributed by atoms with Crippen molar-refractivity contribution in [3.05, 3.63) is 0 Å². The summed E-state index contributed by atoms with van der Waals surface area (Å²) in [5, 5.41) is 0. The Kier molecular flexibility index (Phi) is 5.89. The lowest BCUT2D eigenvalue weighted by molar-refractivity contribution is -0.137. The van der Waals surface area contributed by atoms with Gasteiger partial charge in [-0.05, 0) is 25.7 Å². The van der Waals surface area contributed by atoms with Crippen LogP contribution in [-0.4, -0.2) is 28.4 Å². The first-order chi connectivity index (χ1) is 8.10. The molecule has 1 amide bonds. The van der Waals surface area contributed by atoms with E-state index in [1.165, 1.54) is 12.8 Å². The zero-order chi connectivity index (χ0) is 12.8. The lowest BCUT2D eigenvalue weighted by Crippen LogP contribution is -2.46. The molecule has 0 saturated heterocycles. The third-order valence-corrected chi connectivity index (χ3v) is 3.84. The van der Waals surface area contributed by atoms with E-state index < -0.39 is 0 Å². The van der Waals surface area contributed by atoms with Crippen molar-refractivity contribution < 1.29 is 4.79 Å². The summed E-state index contributed by atoms with van der Waals surface area (Å²) in [5.74, 6) is 0.375. The normalized spacial score (nSPS) is 16.4. The second kappa shape index (κ2) is 6.94. The maximum Gasteiger partial charge on any atom is 0.226 e. The van der Waals surface area contributed by atoms with Crippen LogP contribution in [0.5, 0.6) is 0 Å². The van der Waals surface area contributed by atoms with Crippen LogP contribution in [0.1, 0.15) is 52.4 Å². The van der Waals surface area contributed by atoms with Crippen molar-refractivity contribution in [1.29, 1.82) is 0 Å². The highest BCUT2D eigenvalue weighted by atomic mass is 32.1. The van der Waals surface area contributed by atoms with E-state index in [4.69, 9.17) is 18.0 Å². The van der Waals surface area contributed by atoms with Crippen molar-refractivity contribution >= 4 is 23.1 Å². The maximum absolute atomic E-state index is 12.4.